The molecule has 6 heteroatoms. The Labute approximate surface area is 116 Å². The molecule has 0 spiro atoms. The van der Waals surface area contributed by atoms with Crippen LogP contribution in [0.2, 0.25) is 0 Å². The highest BCUT2D eigenvalue weighted by Gasteiger charge is 2.11. The first kappa shape index (κ1) is 13.8. The molecular weight excluding hydrogens is 260 g/mol. The Bertz CT molecular complexity index is 538. The van der Waals surface area contributed by atoms with Crippen molar-refractivity contribution in [3.8, 4) is 0 Å². The van der Waals surface area contributed by atoms with Crippen molar-refractivity contribution in [2.75, 3.05) is 5.75 Å². The number of thioether (sulfide) groups is 1. The summed E-state index contributed by atoms with van der Waals surface area (Å²) in [5, 5.41) is 22.2. The number of rotatable bonds is 6. The minimum Gasteiger partial charge on any atom is -0.388 e. The van der Waals surface area contributed by atoms with Crippen LogP contribution >= 0.6 is 11.8 Å². The first-order chi connectivity index (χ1) is 9.20. The quantitative estimate of drug-likeness (QED) is 0.646. The second kappa shape index (κ2) is 6.49. The molecule has 0 aliphatic carbocycles. The van der Waals surface area contributed by atoms with Crippen molar-refractivity contribution in [1.82, 2.24) is 20.2 Å². The van der Waals surface area contributed by atoms with Gasteiger partial charge in [0, 0.05) is 5.75 Å². The van der Waals surface area contributed by atoms with Crippen LogP contribution in [0.3, 0.4) is 0 Å². The van der Waals surface area contributed by atoms with E-state index in [-0.39, 0.29) is 0 Å². The molecule has 0 amide bonds. The van der Waals surface area contributed by atoms with Gasteiger partial charge < -0.3 is 5.11 Å². The average Bonchev–Trinajstić information content (AvgIpc) is 2.85. The molecular formula is C13H16N4OS. The topological polar surface area (TPSA) is 63.8 Å². The SMILES string of the molecule is C=CCn1nnnc1SCC(O)c1ccc(C)cc1. The van der Waals surface area contributed by atoms with Crippen LogP contribution in [0.15, 0.2) is 42.1 Å². The predicted molar refractivity (Wildman–Crippen MR) is 74.9 cm³/mol. The molecule has 0 bridgehead atoms. The summed E-state index contributed by atoms with van der Waals surface area (Å²) in [6.07, 6.45) is 1.20. The zero-order valence-corrected chi connectivity index (χ0v) is 11.5. The second-order valence-corrected chi connectivity index (χ2v) is 5.16. The standard InChI is InChI=1S/C13H16N4OS/c1-3-8-17-13(14-15-16-17)19-9-12(18)11-6-4-10(2)5-7-11/h3-7,12,18H,1,8-9H2,2H3. The van der Waals surface area contributed by atoms with Gasteiger partial charge in [-0.2, -0.15) is 0 Å². The first-order valence-corrected chi connectivity index (χ1v) is 6.93. The van der Waals surface area contributed by atoms with Gasteiger partial charge in [0.15, 0.2) is 0 Å². The number of aliphatic hydroxyl groups excluding tert-OH is 1. The van der Waals surface area contributed by atoms with Crippen molar-refractivity contribution < 1.29 is 5.11 Å². The Morgan fingerprint density at radius 3 is 2.84 bits per heavy atom. The monoisotopic (exact) mass is 276 g/mol. The Morgan fingerprint density at radius 1 is 1.42 bits per heavy atom. The highest BCUT2D eigenvalue weighted by atomic mass is 32.2. The van der Waals surface area contributed by atoms with Gasteiger partial charge in [-0.15, -0.1) is 11.7 Å². The molecule has 0 saturated carbocycles. The summed E-state index contributed by atoms with van der Waals surface area (Å²) in [6.45, 7) is 6.24. The normalized spacial score (nSPS) is 12.3. The number of aliphatic hydroxyl groups is 1. The summed E-state index contributed by atoms with van der Waals surface area (Å²) >= 11 is 1.43. The van der Waals surface area contributed by atoms with Crippen molar-refractivity contribution in [1.29, 1.82) is 0 Å². The van der Waals surface area contributed by atoms with E-state index < -0.39 is 6.10 Å². The smallest absolute Gasteiger partial charge is 0.209 e. The van der Waals surface area contributed by atoms with Gasteiger partial charge in [0.1, 0.15) is 0 Å². The van der Waals surface area contributed by atoms with E-state index in [0.29, 0.717) is 17.5 Å². The lowest BCUT2D eigenvalue weighted by atomic mass is 10.1. The zero-order chi connectivity index (χ0) is 13.7. The fraction of sp³-hybridized carbons (Fsp3) is 0.308. The number of aromatic nitrogens is 4. The van der Waals surface area contributed by atoms with Crippen LogP contribution in [0.5, 0.6) is 0 Å². The molecule has 100 valence electrons. The third kappa shape index (κ3) is 3.65. The van der Waals surface area contributed by atoms with Gasteiger partial charge in [0.2, 0.25) is 5.16 Å². The Morgan fingerprint density at radius 2 is 2.16 bits per heavy atom. The van der Waals surface area contributed by atoms with Gasteiger partial charge >= 0.3 is 0 Å². The number of benzene rings is 1. The maximum absolute atomic E-state index is 10.1. The highest BCUT2D eigenvalue weighted by Crippen LogP contribution is 2.23. The highest BCUT2D eigenvalue weighted by molar-refractivity contribution is 7.99. The molecule has 1 unspecified atom stereocenters. The molecule has 19 heavy (non-hydrogen) atoms. The van der Waals surface area contributed by atoms with Crippen molar-refractivity contribution in [3.63, 3.8) is 0 Å². The van der Waals surface area contributed by atoms with Gasteiger partial charge in [0.05, 0.1) is 12.6 Å². The van der Waals surface area contributed by atoms with E-state index in [4.69, 9.17) is 0 Å². The lowest BCUT2D eigenvalue weighted by Gasteiger charge is -2.10. The summed E-state index contributed by atoms with van der Waals surface area (Å²) in [7, 11) is 0. The van der Waals surface area contributed by atoms with E-state index in [2.05, 4.69) is 22.1 Å². The Kier molecular flexibility index (Phi) is 4.70. The molecule has 0 radical (unpaired) electrons. The number of tetrazole rings is 1. The summed E-state index contributed by atoms with van der Waals surface area (Å²) in [5.41, 5.74) is 2.08. The van der Waals surface area contributed by atoms with Gasteiger partial charge in [-0.05, 0) is 22.9 Å². The molecule has 1 N–H and O–H groups in total. The summed E-state index contributed by atoms with van der Waals surface area (Å²) in [4.78, 5) is 0. The van der Waals surface area contributed by atoms with Gasteiger partial charge in [0.25, 0.3) is 0 Å². The van der Waals surface area contributed by atoms with E-state index in [0.717, 1.165) is 5.56 Å². The largest absolute Gasteiger partial charge is 0.388 e. The number of hydrogen-bond acceptors (Lipinski definition) is 5. The Balaban J connectivity index is 1.96. The van der Waals surface area contributed by atoms with E-state index in [1.54, 1.807) is 10.8 Å². The second-order valence-electron chi connectivity index (χ2n) is 4.17. The molecule has 1 heterocycles. The number of nitrogens with zero attached hydrogens (tertiary/aromatic N) is 4. The van der Waals surface area contributed by atoms with Gasteiger partial charge in [-0.25, -0.2) is 4.68 Å². The van der Waals surface area contributed by atoms with Crippen LogP contribution in [0, 0.1) is 6.92 Å². The minimum atomic E-state index is -0.528. The summed E-state index contributed by atoms with van der Waals surface area (Å²) in [6, 6.07) is 7.86. The molecule has 1 aromatic heterocycles. The number of aryl methyl sites for hydroxylation is 1. The molecule has 1 aromatic carbocycles. The average molecular weight is 276 g/mol. The molecule has 2 rings (SSSR count). The first-order valence-electron chi connectivity index (χ1n) is 5.95. The minimum absolute atomic E-state index is 0.514. The molecule has 1 atom stereocenters. The van der Waals surface area contributed by atoms with Crippen LogP contribution in [-0.2, 0) is 6.54 Å². The maximum Gasteiger partial charge on any atom is 0.209 e. The molecule has 0 saturated heterocycles. The van der Waals surface area contributed by atoms with Crippen molar-refractivity contribution in [2.45, 2.75) is 24.7 Å². The van der Waals surface area contributed by atoms with Gasteiger partial charge in [-0.1, -0.05) is 47.7 Å². The van der Waals surface area contributed by atoms with Crippen LogP contribution in [-0.4, -0.2) is 31.1 Å². The van der Waals surface area contributed by atoms with Crippen LogP contribution in [0.1, 0.15) is 17.2 Å². The lowest BCUT2D eigenvalue weighted by Crippen LogP contribution is -2.04. The lowest BCUT2D eigenvalue weighted by molar-refractivity contribution is 0.204. The fourth-order valence-corrected chi connectivity index (χ4v) is 2.43. The van der Waals surface area contributed by atoms with Crippen LogP contribution in [0.25, 0.3) is 0 Å². The third-order valence-electron chi connectivity index (χ3n) is 2.63. The van der Waals surface area contributed by atoms with Gasteiger partial charge in [-0.3, -0.25) is 0 Å². The van der Waals surface area contributed by atoms with E-state index in [1.807, 2.05) is 31.2 Å². The van der Waals surface area contributed by atoms with Crippen LogP contribution in [0.4, 0.5) is 0 Å². The number of allylic oxidation sites excluding steroid dienone is 1. The molecule has 0 fully saturated rings. The van der Waals surface area contributed by atoms with Crippen molar-refractivity contribution in [2.24, 2.45) is 0 Å². The predicted octanol–water partition coefficient (Wildman–Crippen LogP) is 1.99. The molecule has 0 aliphatic rings. The third-order valence-corrected chi connectivity index (χ3v) is 3.67. The van der Waals surface area contributed by atoms with E-state index in [1.165, 1.54) is 17.3 Å². The zero-order valence-electron chi connectivity index (χ0n) is 10.7. The molecule has 2 aromatic rings. The molecule has 0 aliphatic heterocycles. The van der Waals surface area contributed by atoms with E-state index in [9.17, 15) is 5.11 Å². The fourth-order valence-electron chi connectivity index (χ4n) is 1.57. The number of hydrogen-bond donors (Lipinski definition) is 1. The van der Waals surface area contributed by atoms with Crippen molar-refractivity contribution >= 4 is 11.8 Å². The summed E-state index contributed by atoms with van der Waals surface area (Å²) < 4.78 is 1.65. The summed E-state index contributed by atoms with van der Waals surface area (Å²) in [5.74, 6) is 0.514. The Hall–Kier alpha value is -1.66. The van der Waals surface area contributed by atoms with Crippen molar-refractivity contribution in [3.05, 3.63) is 48.0 Å². The van der Waals surface area contributed by atoms with E-state index >= 15 is 0 Å². The molecule has 5 nitrogen and oxygen atoms in total. The maximum atomic E-state index is 10.1. The van der Waals surface area contributed by atoms with Crippen LogP contribution < -0.4 is 0 Å².